The van der Waals surface area contributed by atoms with Crippen molar-refractivity contribution in [2.45, 2.75) is 12.8 Å². The van der Waals surface area contributed by atoms with Crippen LogP contribution in [0.15, 0.2) is 103 Å². The van der Waals surface area contributed by atoms with Gasteiger partial charge in [-0.2, -0.15) is 0 Å². The third-order valence-electron chi connectivity index (χ3n) is 4.14. The Kier molecular flexibility index (Phi) is 5.42. The van der Waals surface area contributed by atoms with Gasteiger partial charge >= 0.3 is 0 Å². The molecule has 3 aromatic carbocycles. The first kappa shape index (κ1) is 16.0. The summed E-state index contributed by atoms with van der Waals surface area (Å²) < 4.78 is 0. The molecule has 0 heteroatoms. The first-order valence-corrected chi connectivity index (χ1v) is 8.35. The van der Waals surface area contributed by atoms with E-state index in [1.165, 1.54) is 22.3 Å². The van der Waals surface area contributed by atoms with Crippen LogP contribution < -0.4 is 0 Å². The van der Waals surface area contributed by atoms with Crippen LogP contribution in [0.1, 0.15) is 29.5 Å². The van der Waals surface area contributed by atoms with E-state index in [1.807, 2.05) is 6.07 Å². The predicted octanol–water partition coefficient (Wildman–Crippen LogP) is 6.59. The minimum atomic E-state index is 0.256. The molecule has 0 amide bonds. The van der Waals surface area contributed by atoms with Crippen molar-refractivity contribution >= 4 is 11.6 Å². The lowest BCUT2D eigenvalue weighted by atomic mass is 9.93. The van der Waals surface area contributed by atoms with Crippen molar-refractivity contribution < 1.29 is 0 Å². The maximum absolute atomic E-state index is 2.34. The van der Waals surface area contributed by atoms with Crippen LogP contribution >= 0.6 is 0 Å². The van der Waals surface area contributed by atoms with Crippen LogP contribution in [0.2, 0.25) is 0 Å². The molecule has 0 N–H and O–H groups in total. The van der Waals surface area contributed by atoms with Crippen LogP contribution in [-0.4, -0.2) is 0 Å². The van der Waals surface area contributed by atoms with E-state index in [0.717, 1.165) is 0 Å². The third-order valence-corrected chi connectivity index (χ3v) is 4.14. The zero-order chi connectivity index (χ0) is 16.6. The average molecular weight is 310 g/mol. The summed E-state index contributed by atoms with van der Waals surface area (Å²) in [4.78, 5) is 0. The molecule has 24 heavy (non-hydrogen) atoms. The molecule has 0 bridgehead atoms. The van der Waals surface area contributed by atoms with E-state index in [0.29, 0.717) is 0 Å². The summed E-state index contributed by atoms with van der Waals surface area (Å²) in [6.07, 6.45) is 6.81. The van der Waals surface area contributed by atoms with E-state index < -0.39 is 0 Å². The fraction of sp³-hybridized carbons (Fsp3) is 0.0833. The molecule has 3 rings (SSSR count). The Morgan fingerprint density at radius 1 is 0.708 bits per heavy atom. The molecule has 0 aliphatic carbocycles. The van der Waals surface area contributed by atoms with Gasteiger partial charge < -0.3 is 0 Å². The number of allylic oxidation sites excluding steroid dienone is 3. The molecule has 3 aromatic rings. The third kappa shape index (κ3) is 4.33. The van der Waals surface area contributed by atoms with E-state index in [9.17, 15) is 0 Å². The van der Waals surface area contributed by atoms with Crippen LogP contribution in [0.3, 0.4) is 0 Å². The first-order chi connectivity index (χ1) is 11.8. The van der Waals surface area contributed by atoms with Gasteiger partial charge in [0.25, 0.3) is 0 Å². The van der Waals surface area contributed by atoms with Gasteiger partial charge in [0, 0.05) is 5.92 Å². The Hall–Kier alpha value is -2.86. The summed E-state index contributed by atoms with van der Waals surface area (Å²) in [5, 5.41) is 0. The highest BCUT2D eigenvalue weighted by Gasteiger charge is 2.06. The van der Waals surface area contributed by atoms with Gasteiger partial charge in [-0.1, -0.05) is 109 Å². The average Bonchev–Trinajstić information content (AvgIpc) is 2.67. The van der Waals surface area contributed by atoms with E-state index >= 15 is 0 Å². The van der Waals surface area contributed by atoms with Crippen molar-refractivity contribution in [3.05, 3.63) is 120 Å². The van der Waals surface area contributed by atoms with Gasteiger partial charge in [0.2, 0.25) is 0 Å². The summed E-state index contributed by atoms with van der Waals surface area (Å²) in [5.74, 6) is 0.256. The van der Waals surface area contributed by atoms with E-state index in [4.69, 9.17) is 0 Å². The van der Waals surface area contributed by atoms with E-state index in [2.05, 4.69) is 110 Å². The number of hydrogen-bond acceptors (Lipinski definition) is 0. The molecule has 0 nitrogen and oxygen atoms in total. The SMILES string of the molecule is C/C(=C\C(/C=C/c1ccccc1)c1ccccc1)c1ccccc1. The summed E-state index contributed by atoms with van der Waals surface area (Å²) in [5.41, 5.74) is 5.10. The van der Waals surface area contributed by atoms with Crippen LogP contribution in [0.4, 0.5) is 0 Å². The van der Waals surface area contributed by atoms with Gasteiger partial charge in [-0.25, -0.2) is 0 Å². The molecule has 0 aromatic heterocycles. The normalized spacial score (nSPS) is 13.1. The highest BCUT2D eigenvalue weighted by molar-refractivity contribution is 5.65. The van der Waals surface area contributed by atoms with Gasteiger partial charge in [-0.3, -0.25) is 0 Å². The lowest BCUT2D eigenvalue weighted by Crippen LogP contribution is -1.92. The van der Waals surface area contributed by atoms with Crippen molar-refractivity contribution in [2.24, 2.45) is 0 Å². The molecule has 0 aliphatic heterocycles. The zero-order valence-electron chi connectivity index (χ0n) is 14.0. The van der Waals surface area contributed by atoms with Gasteiger partial charge in [-0.15, -0.1) is 0 Å². The molecule has 1 unspecified atom stereocenters. The second-order valence-corrected chi connectivity index (χ2v) is 5.92. The van der Waals surface area contributed by atoms with Gasteiger partial charge in [0.1, 0.15) is 0 Å². The van der Waals surface area contributed by atoms with E-state index in [-0.39, 0.29) is 5.92 Å². The Bertz CT molecular complexity index is 796. The maximum Gasteiger partial charge on any atom is 0.0207 e. The Morgan fingerprint density at radius 2 is 1.25 bits per heavy atom. The molecule has 1 atom stereocenters. The molecule has 0 heterocycles. The molecule has 118 valence electrons. The largest absolute Gasteiger partial charge is 0.0726 e. The summed E-state index contributed by atoms with van der Waals surface area (Å²) in [7, 11) is 0. The molecule has 0 radical (unpaired) electrons. The maximum atomic E-state index is 2.34. The van der Waals surface area contributed by atoms with Crippen molar-refractivity contribution in [1.82, 2.24) is 0 Å². The topological polar surface area (TPSA) is 0 Å². The smallest absolute Gasteiger partial charge is 0.0207 e. The summed E-state index contributed by atoms with van der Waals surface area (Å²) in [6, 6.07) is 31.7. The molecule has 0 aliphatic rings. The highest BCUT2D eigenvalue weighted by atomic mass is 14.1. The van der Waals surface area contributed by atoms with Gasteiger partial charge in [0.05, 0.1) is 0 Å². The Morgan fingerprint density at radius 3 is 1.88 bits per heavy atom. The minimum Gasteiger partial charge on any atom is -0.0726 e. The summed E-state index contributed by atoms with van der Waals surface area (Å²) in [6.45, 7) is 2.18. The lowest BCUT2D eigenvalue weighted by Gasteiger charge is -2.11. The van der Waals surface area contributed by atoms with Crippen LogP contribution in [-0.2, 0) is 0 Å². The fourth-order valence-electron chi connectivity index (χ4n) is 2.78. The molecule has 0 spiro atoms. The van der Waals surface area contributed by atoms with Crippen LogP contribution in [0, 0.1) is 0 Å². The number of rotatable bonds is 5. The quantitative estimate of drug-likeness (QED) is 0.499. The number of benzene rings is 3. The molecular weight excluding hydrogens is 288 g/mol. The van der Waals surface area contributed by atoms with E-state index in [1.54, 1.807) is 0 Å². The lowest BCUT2D eigenvalue weighted by molar-refractivity contribution is 1.09. The van der Waals surface area contributed by atoms with Crippen molar-refractivity contribution in [3.8, 4) is 0 Å². The standard InChI is InChI=1S/C24H22/c1-20(22-13-7-3-8-14-22)19-24(23-15-9-4-10-16-23)18-17-21-11-5-2-6-12-21/h2-19,24H,1H3/b18-17+,20-19+. The first-order valence-electron chi connectivity index (χ1n) is 8.35. The fourth-order valence-corrected chi connectivity index (χ4v) is 2.78. The Labute approximate surface area is 144 Å². The van der Waals surface area contributed by atoms with Crippen molar-refractivity contribution in [3.63, 3.8) is 0 Å². The zero-order valence-corrected chi connectivity index (χ0v) is 14.0. The predicted molar refractivity (Wildman–Crippen MR) is 105 cm³/mol. The van der Waals surface area contributed by atoms with Crippen LogP contribution in [0.25, 0.3) is 11.6 Å². The minimum absolute atomic E-state index is 0.256. The monoisotopic (exact) mass is 310 g/mol. The highest BCUT2D eigenvalue weighted by Crippen LogP contribution is 2.25. The Balaban J connectivity index is 1.92. The summed E-state index contributed by atoms with van der Waals surface area (Å²) >= 11 is 0. The van der Waals surface area contributed by atoms with Crippen molar-refractivity contribution in [1.29, 1.82) is 0 Å². The molecule has 0 saturated heterocycles. The molecular formula is C24H22. The molecule has 0 fully saturated rings. The van der Waals surface area contributed by atoms with Crippen LogP contribution in [0.5, 0.6) is 0 Å². The van der Waals surface area contributed by atoms with Gasteiger partial charge in [0.15, 0.2) is 0 Å². The van der Waals surface area contributed by atoms with Crippen molar-refractivity contribution in [2.75, 3.05) is 0 Å². The molecule has 0 saturated carbocycles. The number of hydrogen-bond donors (Lipinski definition) is 0. The second-order valence-electron chi connectivity index (χ2n) is 5.92. The second kappa shape index (κ2) is 8.12. The van der Waals surface area contributed by atoms with Gasteiger partial charge in [-0.05, 0) is 29.2 Å².